The van der Waals surface area contributed by atoms with Crippen molar-refractivity contribution in [1.29, 1.82) is 0 Å². The van der Waals surface area contributed by atoms with Crippen LogP contribution in [0.5, 0.6) is 0 Å². The fourth-order valence-electron chi connectivity index (χ4n) is 3.99. The maximum Gasteiger partial charge on any atom is 0.0464 e. The van der Waals surface area contributed by atoms with Crippen LogP contribution in [0.15, 0.2) is 66.7 Å². The number of hydrogen-bond acceptors (Lipinski definition) is 1. The molecule has 0 atom stereocenters. The molecule has 1 aliphatic carbocycles. The second-order valence-electron chi connectivity index (χ2n) is 9.31. The molecule has 3 aromatic carbocycles. The van der Waals surface area contributed by atoms with Crippen LogP contribution in [0.2, 0.25) is 0 Å². The summed E-state index contributed by atoms with van der Waals surface area (Å²) in [6.07, 6.45) is 1.13. The van der Waals surface area contributed by atoms with Crippen molar-refractivity contribution in [3.8, 4) is 0 Å². The molecule has 0 spiro atoms. The van der Waals surface area contributed by atoms with Gasteiger partial charge in [0, 0.05) is 22.5 Å². The zero-order valence-electron chi connectivity index (χ0n) is 18.0. The Balaban J connectivity index is 1.78. The second kappa shape index (κ2) is 6.51. The van der Waals surface area contributed by atoms with E-state index in [1.807, 2.05) is 0 Å². The third-order valence-corrected chi connectivity index (χ3v) is 6.63. The molecule has 1 aliphatic rings. The van der Waals surface area contributed by atoms with Gasteiger partial charge in [-0.3, -0.25) is 0 Å². The van der Waals surface area contributed by atoms with Crippen molar-refractivity contribution in [2.75, 3.05) is 4.90 Å². The summed E-state index contributed by atoms with van der Waals surface area (Å²) < 4.78 is 0. The van der Waals surface area contributed by atoms with E-state index in [0.717, 1.165) is 6.42 Å². The van der Waals surface area contributed by atoms with Crippen molar-refractivity contribution in [2.45, 2.75) is 58.8 Å². The first kappa shape index (κ1) is 18.8. The molecule has 0 aliphatic heterocycles. The van der Waals surface area contributed by atoms with E-state index in [9.17, 15) is 0 Å². The lowest BCUT2D eigenvalue weighted by Gasteiger charge is -2.28. The minimum Gasteiger partial charge on any atom is -0.310 e. The fourth-order valence-corrected chi connectivity index (χ4v) is 3.99. The van der Waals surface area contributed by atoms with Crippen molar-refractivity contribution < 1.29 is 0 Å². The predicted molar refractivity (Wildman–Crippen MR) is 121 cm³/mol. The van der Waals surface area contributed by atoms with Crippen molar-refractivity contribution >= 4 is 17.1 Å². The zero-order valence-corrected chi connectivity index (χ0v) is 18.0. The summed E-state index contributed by atoms with van der Waals surface area (Å²) in [4.78, 5) is 2.37. The van der Waals surface area contributed by atoms with Crippen LogP contribution in [-0.4, -0.2) is 0 Å². The molecule has 0 unspecified atom stereocenters. The monoisotopic (exact) mass is 369 g/mol. The molecule has 0 saturated carbocycles. The first-order valence-electron chi connectivity index (χ1n) is 10.4. The van der Waals surface area contributed by atoms with Gasteiger partial charge >= 0.3 is 0 Å². The quantitative estimate of drug-likeness (QED) is 0.443. The number of rotatable bonds is 5. The van der Waals surface area contributed by atoms with Crippen LogP contribution in [0.1, 0.15) is 63.3 Å². The van der Waals surface area contributed by atoms with Gasteiger partial charge in [-0.1, -0.05) is 70.5 Å². The lowest BCUT2D eigenvalue weighted by molar-refractivity contribution is 0.506. The van der Waals surface area contributed by atoms with Crippen LogP contribution in [0, 0.1) is 6.92 Å². The largest absolute Gasteiger partial charge is 0.310 e. The van der Waals surface area contributed by atoms with E-state index in [-0.39, 0.29) is 10.8 Å². The van der Waals surface area contributed by atoms with Gasteiger partial charge in [-0.2, -0.15) is 0 Å². The number of hydrogen-bond donors (Lipinski definition) is 0. The minimum atomic E-state index is 0.203. The maximum absolute atomic E-state index is 2.37. The molecule has 144 valence electrons. The first-order chi connectivity index (χ1) is 13.2. The van der Waals surface area contributed by atoms with Crippen LogP contribution < -0.4 is 4.90 Å². The number of anilines is 3. The summed E-state index contributed by atoms with van der Waals surface area (Å²) in [5, 5.41) is 0. The Morgan fingerprint density at radius 3 is 1.82 bits per heavy atom. The van der Waals surface area contributed by atoms with Gasteiger partial charge in [0.15, 0.2) is 0 Å². The summed E-state index contributed by atoms with van der Waals surface area (Å²) in [6.45, 7) is 13.6. The SMILES string of the molecule is CCC(C)(C)c1ccc(N(c2ccc(C)cc2)c2ccc3c(c2)C3(C)C)cc1. The first-order valence-corrected chi connectivity index (χ1v) is 10.4. The van der Waals surface area contributed by atoms with Crippen LogP contribution in [0.3, 0.4) is 0 Å². The van der Waals surface area contributed by atoms with Gasteiger partial charge in [-0.05, 0) is 71.8 Å². The Hall–Kier alpha value is -2.54. The average Bonchev–Trinajstić information content (AvgIpc) is 3.24. The molecule has 4 rings (SSSR count). The van der Waals surface area contributed by atoms with Crippen LogP contribution in [0.4, 0.5) is 17.1 Å². The minimum absolute atomic E-state index is 0.203. The molecule has 3 aromatic rings. The van der Waals surface area contributed by atoms with Gasteiger partial charge in [0.2, 0.25) is 0 Å². The number of fused-ring (bicyclic) bond motifs is 1. The molecule has 28 heavy (non-hydrogen) atoms. The van der Waals surface area contributed by atoms with Crippen molar-refractivity contribution in [1.82, 2.24) is 0 Å². The Bertz CT molecular complexity index is 991. The molecule has 0 heterocycles. The van der Waals surface area contributed by atoms with E-state index in [4.69, 9.17) is 0 Å². The summed E-state index contributed by atoms with van der Waals surface area (Å²) in [7, 11) is 0. The smallest absolute Gasteiger partial charge is 0.0464 e. The highest BCUT2D eigenvalue weighted by molar-refractivity contribution is 5.79. The molecule has 1 nitrogen and oxygen atoms in total. The maximum atomic E-state index is 2.37. The molecule has 0 fully saturated rings. The molecule has 1 heteroatoms. The number of aryl methyl sites for hydroxylation is 1. The van der Waals surface area contributed by atoms with Crippen molar-refractivity contribution in [3.05, 3.63) is 89.0 Å². The standard InChI is InChI=1S/C27H31N/c1-7-26(3,4)20-10-14-22(15-11-20)28(21-12-8-19(2)9-13-21)23-16-17-24-25(18-23)27(24,5)6/h8-18H,7H2,1-6H3. The van der Waals surface area contributed by atoms with E-state index >= 15 is 0 Å². The van der Waals surface area contributed by atoms with Gasteiger partial charge in [0.05, 0.1) is 0 Å². The number of nitrogens with zero attached hydrogens (tertiary/aromatic N) is 1. The third kappa shape index (κ3) is 3.13. The van der Waals surface area contributed by atoms with E-state index in [2.05, 4.69) is 113 Å². The molecule has 0 saturated heterocycles. The number of benzene rings is 3. The highest BCUT2D eigenvalue weighted by Crippen LogP contribution is 2.51. The topological polar surface area (TPSA) is 3.24 Å². The molecular formula is C27H31N. The van der Waals surface area contributed by atoms with Crippen LogP contribution in [0.25, 0.3) is 0 Å². The van der Waals surface area contributed by atoms with Gasteiger partial charge in [0.1, 0.15) is 0 Å². The molecule has 0 aromatic heterocycles. The Morgan fingerprint density at radius 2 is 1.29 bits per heavy atom. The lowest BCUT2D eigenvalue weighted by Crippen LogP contribution is -2.16. The van der Waals surface area contributed by atoms with Gasteiger partial charge in [-0.25, -0.2) is 0 Å². The Kier molecular flexibility index (Phi) is 4.38. The van der Waals surface area contributed by atoms with Crippen molar-refractivity contribution in [3.63, 3.8) is 0 Å². The highest BCUT2D eigenvalue weighted by Gasteiger charge is 2.41. The summed E-state index contributed by atoms with van der Waals surface area (Å²) in [5.41, 5.74) is 9.68. The molecule has 0 radical (unpaired) electrons. The van der Waals surface area contributed by atoms with E-state index in [1.165, 1.54) is 39.3 Å². The third-order valence-electron chi connectivity index (χ3n) is 6.63. The molecule has 0 bridgehead atoms. The van der Waals surface area contributed by atoms with Gasteiger partial charge in [0.25, 0.3) is 0 Å². The molecule has 0 N–H and O–H groups in total. The second-order valence-corrected chi connectivity index (χ2v) is 9.31. The summed E-state index contributed by atoms with van der Waals surface area (Å²) in [6, 6.07) is 24.8. The van der Waals surface area contributed by atoms with E-state index in [1.54, 1.807) is 0 Å². The van der Waals surface area contributed by atoms with Crippen molar-refractivity contribution in [2.24, 2.45) is 0 Å². The van der Waals surface area contributed by atoms with E-state index < -0.39 is 0 Å². The lowest BCUT2D eigenvalue weighted by atomic mass is 9.82. The highest BCUT2D eigenvalue weighted by atomic mass is 15.1. The molecule has 0 amide bonds. The predicted octanol–water partition coefficient (Wildman–Crippen LogP) is 7.79. The van der Waals surface area contributed by atoms with Gasteiger partial charge in [-0.15, -0.1) is 0 Å². The fraction of sp³-hybridized carbons (Fsp3) is 0.333. The zero-order chi connectivity index (χ0) is 20.1. The van der Waals surface area contributed by atoms with Crippen LogP contribution in [-0.2, 0) is 10.8 Å². The molecular weight excluding hydrogens is 338 g/mol. The Labute approximate surface area is 170 Å². The normalized spacial score (nSPS) is 14.5. The average molecular weight is 370 g/mol. The van der Waals surface area contributed by atoms with E-state index in [0.29, 0.717) is 0 Å². The van der Waals surface area contributed by atoms with Gasteiger partial charge < -0.3 is 4.90 Å². The summed E-state index contributed by atoms with van der Waals surface area (Å²) >= 11 is 0. The van der Waals surface area contributed by atoms with Crippen LogP contribution >= 0.6 is 0 Å². The Morgan fingerprint density at radius 1 is 0.750 bits per heavy atom. The summed E-state index contributed by atoms with van der Waals surface area (Å²) in [5.74, 6) is 0.